The van der Waals surface area contributed by atoms with Crippen molar-refractivity contribution < 1.29 is 4.79 Å². The molecule has 20 heavy (non-hydrogen) atoms. The molecule has 0 saturated heterocycles. The van der Waals surface area contributed by atoms with Gasteiger partial charge in [0.25, 0.3) is 0 Å². The number of hydrogen-bond acceptors (Lipinski definition) is 3. The molecule has 0 aromatic rings. The minimum atomic E-state index is -0.0255. The molecule has 0 aliphatic rings. The van der Waals surface area contributed by atoms with E-state index in [1.165, 1.54) is 4.90 Å². The van der Waals surface area contributed by atoms with Crippen molar-refractivity contribution in [3.63, 3.8) is 0 Å². The highest BCUT2D eigenvalue weighted by molar-refractivity contribution is 7.99. The molecule has 2 N–H and O–H groups in total. The normalized spacial score (nSPS) is 10.8. The lowest BCUT2D eigenvalue weighted by Gasteiger charge is -2.13. The smallest absolute Gasteiger partial charge is 0.243 e. The first-order valence-corrected chi connectivity index (χ1v) is 7.68. The van der Waals surface area contributed by atoms with Crippen LogP contribution in [0.5, 0.6) is 0 Å². The van der Waals surface area contributed by atoms with Gasteiger partial charge in [-0.05, 0) is 6.92 Å². The van der Waals surface area contributed by atoms with Gasteiger partial charge in [0.05, 0.1) is 0 Å². The summed E-state index contributed by atoms with van der Waals surface area (Å²) < 4.78 is 0. The fraction of sp³-hybridized carbons (Fsp3) is 0.571. The molecular weight excluding hydrogens is 272 g/mol. The second-order valence-electron chi connectivity index (χ2n) is 4.55. The Kier molecular flexibility index (Phi) is 10.6. The van der Waals surface area contributed by atoms with Crippen LogP contribution in [0.1, 0.15) is 6.92 Å². The van der Waals surface area contributed by atoms with Gasteiger partial charge >= 0.3 is 0 Å². The van der Waals surface area contributed by atoms with Crippen LogP contribution in [0, 0.1) is 0 Å². The predicted octanol–water partition coefficient (Wildman–Crippen LogP) is 1.11. The molecule has 0 fully saturated rings. The zero-order chi connectivity index (χ0) is 15.4. The van der Waals surface area contributed by atoms with E-state index in [9.17, 15) is 4.79 Å². The zero-order valence-electron chi connectivity index (χ0n) is 12.7. The molecule has 0 atom stereocenters. The fourth-order valence-electron chi connectivity index (χ4n) is 1.11. The molecule has 0 saturated carbocycles. The fourth-order valence-corrected chi connectivity index (χ4v) is 1.69. The van der Waals surface area contributed by atoms with Crippen LogP contribution >= 0.6 is 11.8 Å². The summed E-state index contributed by atoms with van der Waals surface area (Å²) in [6.45, 7) is 11.0. The number of carbonyl (C=O) groups excluding carboxylic acids is 1. The second-order valence-corrected chi connectivity index (χ2v) is 5.70. The van der Waals surface area contributed by atoms with Crippen LogP contribution in [0.3, 0.4) is 0 Å². The molecule has 0 radical (unpaired) electrons. The van der Waals surface area contributed by atoms with Crippen molar-refractivity contribution in [1.29, 1.82) is 0 Å². The van der Waals surface area contributed by atoms with Crippen molar-refractivity contribution in [3.8, 4) is 0 Å². The predicted molar refractivity (Wildman–Crippen MR) is 89.3 cm³/mol. The molecule has 6 heteroatoms. The van der Waals surface area contributed by atoms with Crippen molar-refractivity contribution in [2.45, 2.75) is 6.92 Å². The number of likely N-dealkylation sites (N-methyl/N-ethyl adjacent to an activating group) is 1. The third-order valence-corrected chi connectivity index (χ3v) is 3.17. The number of nitrogens with zero attached hydrogens (tertiary/aromatic N) is 2. The van der Waals surface area contributed by atoms with Gasteiger partial charge in [0.1, 0.15) is 6.54 Å². The van der Waals surface area contributed by atoms with Crippen LogP contribution < -0.4 is 10.6 Å². The van der Waals surface area contributed by atoms with E-state index in [1.807, 2.05) is 13.0 Å². The van der Waals surface area contributed by atoms with Crippen LogP contribution in [-0.4, -0.2) is 62.0 Å². The molecule has 5 nitrogen and oxygen atoms in total. The molecule has 114 valence electrons. The molecule has 0 aromatic carbocycles. The highest BCUT2D eigenvalue weighted by atomic mass is 32.2. The van der Waals surface area contributed by atoms with Gasteiger partial charge in [0.2, 0.25) is 5.91 Å². The summed E-state index contributed by atoms with van der Waals surface area (Å²) in [5.74, 6) is 2.51. The average Bonchev–Trinajstić information content (AvgIpc) is 2.39. The summed E-state index contributed by atoms with van der Waals surface area (Å²) in [7, 11) is 3.44. The molecule has 0 aliphatic heterocycles. The summed E-state index contributed by atoms with van der Waals surface area (Å²) >= 11 is 1.79. The lowest BCUT2D eigenvalue weighted by Crippen LogP contribution is -2.40. The van der Waals surface area contributed by atoms with E-state index >= 15 is 0 Å². The molecule has 0 aromatic heterocycles. The highest BCUT2D eigenvalue weighted by Gasteiger charge is 2.04. The van der Waals surface area contributed by atoms with Gasteiger partial charge in [-0.25, -0.2) is 4.99 Å². The van der Waals surface area contributed by atoms with Crippen LogP contribution in [-0.2, 0) is 4.79 Å². The molecule has 0 bridgehead atoms. The van der Waals surface area contributed by atoms with Crippen molar-refractivity contribution in [3.05, 3.63) is 24.8 Å². The van der Waals surface area contributed by atoms with Gasteiger partial charge in [0.15, 0.2) is 5.96 Å². The maximum absolute atomic E-state index is 11.5. The van der Waals surface area contributed by atoms with E-state index in [0.29, 0.717) is 12.5 Å². The van der Waals surface area contributed by atoms with Crippen molar-refractivity contribution in [2.24, 2.45) is 4.99 Å². The summed E-state index contributed by atoms with van der Waals surface area (Å²) in [5.41, 5.74) is 1.01. The first kappa shape index (κ1) is 18.6. The van der Waals surface area contributed by atoms with Gasteiger partial charge in [0, 0.05) is 38.7 Å². The van der Waals surface area contributed by atoms with E-state index in [0.717, 1.165) is 23.6 Å². The van der Waals surface area contributed by atoms with Gasteiger partial charge < -0.3 is 15.5 Å². The summed E-state index contributed by atoms with van der Waals surface area (Å²) in [6, 6.07) is 0. The third-order valence-electron chi connectivity index (χ3n) is 2.20. The van der Waals surface area contributed by atoms with E-state index in [4.69, 9.17) is 0 Å². The SMILES string of the molecule is C=CCSCCNC(=NCC(=O)N(C)C)NCC(=C)C. The van der Waals surface area contributed by atoms with Gasteiger partial charge in [-0.1, -0.05) is 18.2 Å². The van der Waals surface area contributed by atoms with Crippen LogP contribution in [0.2, 0.25) is 0 Å². The monoisotopic (exact) mass is 298 g/mol. The summed E-state index contributed by atoms with van der Waals surface area (Å²) in [6.07, 6.45) is 1.88. The number of amides is 1. The lowest BCUT2D eigenvalue weighted by atomic mass is 10.3. The highest BCUT2D eigenvalue weighted by Crippen LogP contribution is 1.97. The van der Waals surface area contributed by atoms with E-state index in [1.54, 1.807) is 25.9 Å². The Morgan fingerprint density at radius 3 is 2.65 bits per heavy atom. The molecule has 0 aliphatic carbocycles. The second kappa shape index (κ2) is 11.4. The van der Waals surface area contributed by atoms with Gasteiger partial charge in [-0.15, -0.1) is 6.58 Å². The molecule has 1 amide bonds. The van der Waals surface area contributed by atoms with E-state index in [2.05, 4.69) is 28.8 Å². The number of guanidine groups is 1. The molecular formula is C14H26N4OS. The maximum atomic E-state index is 11.5. The average molecular weight is 298 g/mol. The quantitative estimate of drug-likeness (QED) is 0.290. The number of aliphatic imine (C=N–C) groups is 1. The molecule has 0 heterocycles. The number of hydrogen-bond donors (Lipinski definition) is 2. The minimum Gasteiger partial charge on any atom is -0.356 e. The summed E-state index contributed by atoms with van der Waals surface area (Å²) in [5, 5.41) is 6.34. The first-order chi connectivity index (χ1) is 9.47. The Morgan fingerprint density at radius 2 is 2.10 bits per heavy atom. The van der Waals surface area contributed by atoms with Crippen molar-refractivity contribution in [1.82, 2.24) is 15.5 Å². The maximum Gasteiger partial charge on any atom is 0.243 e. The standard InChI is InChI=1S/C14H26N4OS/c1-6-8-20-9-7-15-14(16-10-12(2)3)17-11-13(19)18(4)5/h6H,1-2,7-11H2,3-5H3,(H2,15,16,17). The Balaban J connectivity index is 4.24. The number of carbonyl (C=O) groups is 1. The molecule has 0 rings (SSSR count). The van der Waals surface area contributed by atoms with Crippen LogP contribution in [0.4, 0.5) is 0 Å². The Labute approximate surface area is 126 Å². The lowest BCUT2D eigenvalue weighted by molar-refractivity contribution is -0.127. The van der Waals surface area contributed by atoms with E-state index in [-0.39, 0.29) is 12.5 Å². The summed E-state index contributed by atoms with van der Waals surface area (Å²) in [4.78, 5) is 17.3. The molecule has 0 unspecified atom stereocenters. The number of nitrogens with one attached hydrogen (secondary N) is 2. The Hall–Kier alpha value is -1.43. The topological polar surface area (TPSA) is 56.7 Å². The van der Waals surface area contributed by atoms with Gasteiger partial charge in [-0.3, -0.25) is 4.79 Å². The van der Waals surface area contributed by atoms with Crippen LogP contribution in [0.15, 0.2) is 29.8 Å². The Bertz CT molecular complexity index is 353. The minimum absolute atomic E-state index is 0.0255. The number of thioether (sulfide) groups is 1. The van der Waals surface area contributed by atoms with Gasteiger partial charge in [-0.2, -0.15) is 11.8 Å². The zero-order valence-corrected chi connectivity index (χ0v) is 13.6. The third kappa shape index (κ3) is 10.5. The largest absolute Gasteiger partial charge is 0.356 e. The van der Waals surface area contributed by atoms with Crippen molar-refractivity contribution in [2.75, 3.05) is 45.2 Å². The number of rotatable bonds is 9. The molecule has 0 spiro atoms. The first-order valence-electron chi connectivity index (χ1n) is 6.52. The van der Waals surface area contributed by atoms with Crippen molar-refractivity contribution >= 4 is 23.6 Å². The van der Waals surface area contributed by atoms with Crippen LogP contribution in [0.25, 0.3) is 0 Å². The Morgan fingerprint density at radius 1 is 1.40 bits per heavy atom. The van der Waals surface area contributed by atoms with E-state index < -0.39 is 0 Å².